The number of carbonyl (C=O) groups excluding carboxylic acids is 2. The second-order valence-corrected chi connectivity index (χ2v) is 4.55. The Labute approximate surface area is 114 Å². The van der Waals surface area contributed by atoms with Crippen LogP contribution in [-0.4, -0.2) is 11.8 Å². The van der Waals surface area contributed by atoms with Crippen LogP contribution >= 0.6 is 15.9 Å². The van der Waals surface area contributed by atoms with Gasteiger partial charge >= 0.3 is 0 Å². The number of hydrogen-bond acceptors (Lipinski definition) is 4. The first kappa shape index (κ1) is 14.4. The molecule has 1 aromatic rings. The molecule has 6 heteroatoms. The van der Waals surface area contributed by atoms with E-state index in [0.29, 0.717) is 19.3 Å². The minimum absolute atomic E-state index is 0.0976. The van der Waals surface area contributed by atoms with Crippen molar-refractivity contribution in [1.82, 2.24) is 5.43 Å². The largest absolute Gasteiger partial charge is 0.326 e. The maximum Gasteiger partial charge on any atom is 0.224 e. The highest BCUT2D eigenvalue weighted by atomic mass is 79.9. The minimum Gasteiger partial charge on any atom is -0.326 e. The Kier molecular flexibility index (Phi) is 6.14. The minimum atomic E-state index is -0.0976. The number of amides is 1. The van der Waals surface area contributed by atoms with Crippen LogP contribution in [0.15, 0.2) is 34.4 Å². The predicted octanol–water partition coefficient (Wildman–Crippen LogP) is 1.74. The fourth-order valence-corrected chi connectivity index (χ4v) is 1.60. The van der Waals surface area contributed by atoms with E-state index < -0.39 is 0 Å². The SMILES string of the molecule is NNC(=C=O)CCCC(=O)Nc1ccc(Br)cc1. The molecule has 1 aromatic carbocycles. The summed E-state index contributed by atoms with van der Waals surface area (Å²) in [5, 5.41) is 2.76. The molecule has 0 aliphatic heterocycles. The van der Waals surface area contributed by atoms with Crippen molar-refractivity contribution in [2.75, 3.05) is 5.32 Å². The second kappa shape index (κ2) is 7.66. The Balaban J connectivity index is 2.34. The summed E-state index contributed by atoms with van der Waals surface area (Å²) < 4.78 is 0.954. The Hall–Kier alpha value is -1.62. The number of nitrogens with two attached hydrogens (primary N) is 1. The monoisotopic (exact) mass is 311 g/mol. The third-order valence-electron chi connectivity index (χ3n) is 2.26. The average Bonchev–Trinajstić information content (AvgIpc) is 2.37. The lowest BCUT2D eigenvalue weighted by molar-refractivity contribution is -0.116. The van der Waals surface area contributed by atoms with Gasteiger partial charge in [0, 0.05) is 16.6 Å². The normalized spacial score (nSPS) is 9.44. The Bertz CT molecular complexity index is 453. The number of allylic oxidation sites excluding steroid dienone is 1. The van der Waals surface area contributed by atoms with Gasteiger partial charge in [-0.1, -0.05) is 15.9 Å². The lowest BCUT2D eigenvalue weighted by atomic mass is 10.2. The number of rotatable bonds is 6. The molecule has 0 saturated heterocycles. The van der Waals surface area contributed by atoms with E-state index in [-0.39, 0.29) is 11.6 Å². The Morgan fingerprint density at radius 2 is 1.94 bits per heavy atom. The number of hydrazine groups is 1. The molecule has 4 N–H and O–H groups in total. The van der Waals surface area contributed by atoms with Crippen LogP contribution in [-0.2, 0) is 9.59 Å². The Morgan fingerprint density at radius 1 is 1.28 bits per heavy atom. The first-order valence-corrected chi connectivity index (χ1v) is 6.21. The number of halogens is 1. The quantitative estimate of drug-likeness (QED) is 0.424. The second-order valence-electron chi connectivity index (χ2n) is 3.63. The van der Waals surface area contributed by atoms with Crippen LogP contribution in [0.1, 0.15) is 19.3 Å². The van der Waals surface area contributed by atoms with Crippen molar-refractivity contribution in [2.45, 2.75) is 19.3 Å². The molecular formula is C12H14BrN3O2. The zero-order valence-electron chi connectivity index (χ0n) is 9.70. The summed E-state index contributed by atoms with van der Waals surface area (Å²) in [5.74, 6) is 6.66. The molecule has 0 aliphatic rings. The van der Waals surface area contributed by atoms with Gasteiger partial charge in [0.25, 0.3) is 0 Å². The Morgan fingerprint density at radius 3 is 2.50 bits per heavy atom. The predicted molar refractivity (Wildman–Crippen MR) is 73.2 cm³/mol. The summed E-state index contributed by atoms with van der Waals surface area (Å²) in [6, 6.07) is 7.31. The molecule has 0 saturated carbocycles. The van der Waals surface area contributed by atoms with Crippen LogP contribution in [0.2, 0.25) is 0 Å². The first-order valence-electron chi connectivity index (χ1n) is 5.41. The van der Waals surface area contributed by atoms with Crippen molar-refractivity contribution >= 4 is 33.5 Å². The molecule has 1 amide bonds. The highest BCUT2D eigenvalue weighted by molar-refractivity contribution is 9.10. The highest BCUT2D eigenvalue weighted by Crippen LogP contribution is 2.14. The summed E-state index contributed by atoms with van der Waals surface area (Å²) in [5.41, 5.74) is 3.25. The van der Waals surface area contributed by atoms with E-state index in [4.69, 9.17) is 5.84 Å². The molecule has 96 valence electrons. The van der Waals surface area contributed by atoms with Gasteiger partial charge in [-0.15, -0.1) is 0 Å². The van der Waals surface area contributed by atoms with Crippen molar-refractivity contribution in [3.8, 4) is 0 Å². The van der Waals surface area contributed by atoms with E-state index in [0.717, 1.165) is 10.2 Å². The fraction of sp³-hybridized carbons (Fsp3) is 0.250. The standard InChI is InChI=1S/C12H14BrN3O2/c13-9-4-6-10(7-5-9)15-12(18)3-1-2-11(8-17)16-14/h4-7,16H,1-3,14H2,(H,15,18). The molecule has 0 unspecified atom stereocenters. The summed E-state index contributed by atoms with van der Waals surface area (Å²) >= 11 is 3.31. The van der Waals surface area contributed by atoms with E-state index in [1.807, 2.05) is 12.1 Å². The maximum absolute atomic E-state index is 11.6. The van der Waals surface area contributed by atoms with Crippen molar-refractivity contribution in [3.05, 3.63) is 34.4 Å². The van der Waals surface area contributed by atoms with Gasteiger partial charge < -0.3 is 10.7 Å². The first-order chi connectivity index (χ1) is 8.65. The number of nitrogens with one attached hydrogen (secondary N) is 2. The summed E-state index contributed by atoms with van der Waals surface area (Å²) in [6.45, 7) is 0. The topological polar surface area (TPSA) is 84.2 Å². The lowest BCUT2D eigenvalue weighted by Gasteiger charge is -2.05. The molecule has 0 bridgehead atoms. The van der Waals surface area contributed by atoms with Gasteiger partial charge in [0.1, 0.15) is 11.6 Å². The van der Waals surface area contributed by atoms with E-state index in [9.17, 15) is 9.59 Å². The van der Waals surface area contributed by atoms with Crippen LogP contribution in [0.25, 0.3) is 0 Å². The van der Waals surface area contributed by atoms with Gasteiger partial charge in [-0.2, -0.15) is 0 Å². The van der Waals surface area contributed by atoms with Crippen molar-refractivity contribution in [2.24, 2.45) is 5.84 Å². The molecule has 18 heavy (non-hydrogen) atoms. The molecule has 0 heterocycles. The van der Waals surface area contributed by atoms with Crippen LogP contribution in [0, 0.1) is 0 Å². The van der Waals surface area contributed by atoms with Crippen LogP contribution < -0.4 is 16.6 Å². The number of carbonyl (C=O) groups is 1. The highest BCUT2D eigenvalue weighted by Gasteiger charge is 2.03. The molecule has 0 fully saturated rings. The number of benzene rings is 1. The molecule has 0 radical (unpaired) electrons. The average molecular weight is 312 g/mol. The molecule has 0 spiro atoms. The molecule has 5 nitrogen and oxygen atoms in total. The van der Waals surface area contributed by atoms with E-state index in [2.05, 4.69) is 26.7 Å². The van der Waals surface area contributed by atoms with Crippen molar-refractivity contribution in [1.29, 1.82) is 0 Å². The van der Waals surface area contributed by atoms with Gasteiger partial charge in [-0.25, -0.2) is 4.79 Å². The maximum atomic E-state index is 11.6. The summed E-state index contributed by atoms with van der Waals surface area (Å²) in [7, 11) is 0. The van der Waals surface area contributed by atoms with Crippen LogP contribution in [0.3, 0.4) is 0 Å². The van der Waals surface area contributed by atoms with E-state index in [1.165, 1.54) is 0 Å². The fourth-order valence-electron chi connectivity index (χ4n) is 1.34. The third kappa shape index (κ3) is 5.14. The van der Waals surface area contributed by atoms with Gasteiger partial charge in [0.15, 0.2) is 0 Å². The van der Waals surface area contributed by atoms with Crippen LogP contribution in [0.5, 0.6) is 0 Å². The summed E-state index contributed by atoms with van der Waals surface area (Å²) in [4.78, 5) is 21.9. The summed E-state index contributed by atoms with van der Waals surface area (Å²) in [6.07, 6.45) is 1.27. The third-order valence-corrected chi connectivity index (χ3v) is 2.78. The lowest BCUT2D eigenvalue weighted by Crippen LogP contribution is -2.22. The van der Waals surface area contributed by atoms with Gasteiger partial charge in [-0.05, 0) is 37.1 Å². The van der Waals surface area contributed by atoms with Gasteiger partial charge in [0.2, 0.25) is 5.91 Å². The van der Waals surface area contributed by atoms with Crippen molar-refractivity contribution in [3.63, 3.8) is 0 Å². The van der Waals surface area contributed by atoms with Crippen LogP contribution in [0.4, 0.5) is 5.69 Å². The van der Waals surface area contributed by atoms with Crippen molar-refractivity contribution < 1.29 is 9.59 Å². The molecule has 0 atom stereocenters. The zero-order chi connectivity index (χ0) is 13.4. The number of anilines is 1. The molecule has 1 rings (SSSR count). The number of hydrogen-bond donors (Lipinski definition) is 3. The van der Waals surface area contributed by atoms with E-state index in [1.54, 1.807) is 18.1 Å². The molecular weight excluding hydrogens is 298 g/mol. The zero-order valence-corrected chi connectivity index (χ0v) is 11.3. The molecule has 0 aliphatic carbocycles. The van der Waals surface area contributed by atoms with E-state index >= 15 is 0 Å². The molecule has 0 aromatic heterocycles. The van der Waals surface area contributed by atoms with Gasteiger partial charge in [-0.3, -0.25) is 10.6 Å². The smallest absolute Gasteiger partial charge is 0.224 e. The van der Waals surface area contributed by atoms with Gasteiger partial charge in [0.05, 0.1) is 0 Å².